The number of nitro groups is 1. The Hall–Kier alpha value is -2.28. The van der Waals surface area contributed by atoms with Gasteiger partial charge < -0.3 is 21.2 Å². The van der Waals surface area contributed by atoms with Gasteiger partial charge in [0.15, 0.2) is 0 Å². The standard InChI is InChI=1S/C10H10ClN5O2/c1-15-5-13-9(16(17)18)10(15)14-8-4-6(12)2-3-7(8)11/h2-5,14H,12H2,1H3. The summed E-state index contributed by atoms with van der Waals surface area (Å²) in [6.45, 7) is 0. The van der Waals surface area contributed by atoms with Crippen LogP contribution in [0.3, 0.4) is 0 Å². The van der Waals surface area contributed by atoms with E-state index in [2.05, 4.69) is 10.3 Å². The lowest BCUT2D eigenvalue weighted by molar-refractivity contribution is -0.388. The molecule has 0 aliphatic carbocycles. The molecule has 0 amide bonds. The van der Waals surface area contributed by atoms with Crippen molar-refractivity contribution in [2.24, 2.45) is 7.05 Å². The molecule has 2 rings (SSSR count). The Balaban J connectivity index is 2.42. The molecule has 0 aliphatic heterocycles. The van der Waals surface area contributed by atoms with Crippen LogP contribution in [-0.4, -0.2) is 14.5 Å². The second-order valence-electron chi connectivity index (χ2n) is 3.65. The van der Waals surface area contributed by atoms with Gasteiger partial charge in [-0.1, -0.05) is 11.6 Å². The van der Waals surface area contributed by atoms with Crippen LogP contribution in [0.2, 0.25) is 5.02 Å². The van der Waals surface area contributed by atoms with Gasteiger partial charge in [-0.15, -0.1) is 0 Å². The molecule has 1 aromatic carbocycles. The van der Waals surface area contributed by atoms with Crippen LogP contribution < -0.4 is 11.1 Å². The zero-order valence-electron chi connectivity index (χ0n) is 9.42. The number of benzene rings is 1. The zero-order chi connectivity index (χ0) is 13.3. The van der Waals surface area contributed by atoms with Crippen molar-refractivity contribution in [1.29, 1.82) is 0 Å². The molecular formula is C10H10ClN5O2. The van der Waals surface area contributed by atoms with E-state index in [1.54, 1.807) is 25.2 Å². The molecule has 0 aliphatic rings. The molecule has 1 heterocycles. The molecule has 0 fully saturated rings. The Morgan fingerprint density at radius 3 is 2.94 bits per heavy atom. The van der Waals surface area contributed by atoms with Crippen molar-refractivity contribution in [3.63, 3.8) is 0 Å². The number of rotatable bonds is 3. The minimum absolute atomic E-state index is 0.243. The number of anilines is 3. The quantitative estimate of drug-likeness (QED) is 0.505. The van der Waals surface area contributed by atoms with Gasteiger partial charge in [0.1, 0.15) is 0 Å². The Kier molecular flexibility index (Phi) is 3.07. The fourth-order valence-corrected chi connectivity index (χ4v) is 1.63. The highest BCUT2D eigenvalue weighted by atomic mass is 35.5. The second kappa shape index (κ2) is 4.53. The van der Waals surface area contributed by atoms with E-state index in [9.17, 15) is 10.1 Å². The summed E-state index contributed by atoms with van der Waals surface area (Å²) in [5, 5.41) is 14.1. The minimum Gasteiger partial charge on any atom is -0.399 e. The summed E-state index contributed by atoms with van der Waals surface area (Å²) in [5.74, 6) is -0.0245. The molecule has 0 unspecified atom stereocenters. The van der Waals surface area contributed by atoms with Crippen molar-refractivity contribution in [1.82, 2.24) is 9.55 Å². The number of nitrogens with zero attached hydrogens (tertiary/aromatic N) is 3. The smallest absolute Gasteiger partial charge is 0.399 e. The molecule has 0 bridgehead atoms. The Morgan fingerprint density at radius 2 is 2.28 bits per heavy atom. The number of imidazole rings is 1. The average Bonchev–Trinajstić information content (AvgIpc) is 2.66. The summed E-state index contributed by atoms with van der Waals surface area (Å²) in [6.07, 6.45) is 1.35. The first-order valence-corrected chi connectivity index (χ1v) is 5.34. The number of hydrogen-bond acceptors (Lipinski definition) is 5. The van der Waals surface area contributed by atoms with Gasteiger partial charge in [-0.2, -0.15) is 0 Å². The van der Waals surface area contributed by atoms with Gasteiger partial charge in [-0.05, 0) is 28.1 Å². The topological polar surface area (TPSA) is 99.0 Å². The molecule has 2 aromatic rings. The molecule has 94 valence electrons. The highest BCUT2D eigenvalue weighted by Gasteiger charge is 2.20. The Morgan fingerprint density at radius 1 is 1.56 bits per heavy atom. The zero-order valence-corrected chi connectivity index (χ0v) is 10.2. The van der Waals surface area contributed by atoms with Crippen LogP contribution in [0, 0.1) is 10.1 Å². The predicted octanol–water partition coefficient (Wildman–Crippen LogP) is 2.31. The highest BCUT2D eigenvalue weighted by molar-refractivity contribution is 6.33. The van der Waals surface area contributed by atoms with Gasteiger partial charge in [-0.25, -0.2) is 0 Å². The van der Waals surface area contributed by atoms with E-state index in [4.69, 9.17) is 17.3 Å². The third kappa shape index (κ3) is 2.21. The van der Waals surface area contributed by atoms with Crippen molar-refractivity contribution in [3.8, 4) is 0 Å². The normalized spacial score (nSPS) is 10.3. The maximum atomic E-state index is 10.8. The summed E-state index contributed by atoms with van der Waals surface area (Å²) >= 11 is 5.98. The molecule has 0 atom stereocenters. The molecule has 0 saturated carbocycles. The van der Waals surface area contributed by atoms with Crippen molar-refractivity contribution in [2.75, 3.05) is 11.1 Å². The van der Waals surface area contributed by atoms with Crippen molar-refractivity contribution in [2.45, 2.75) is 0 Å². The average molecular weight is 268 g/mol. The third-order valence-corrected chi connectivity index (χ3v) is 2.66. The molecule has 18 heavy (non-hydrogen) atoms. The number of aryl methyl sites for hydroxylation is 1. The van der Waals surface area contributed by atoms with Crippen molar-refractivity contribution < 1.29 is 4.92 Å². The summed E-state index contributed by atoms with van der Waals surface area (Å²) < 4.78 is 1.50. The number of nitrogen functional groups attached to an aromatic ring is 1. The third-order valence-electron chi connectivity index (χ3n) is 2.33. The lowest BCUT2D eigenvalue weighted by Crippen LogP contribution is -2.01. The van der Waals surface area contributed by atoms with Crippen molar-refractivity contribution >= 4 is 34.6 Å². The largest absolute Gasteiger partial charge is 0.406 e. The monoisotopic (exact) mass is 267 g/mol. The van der Waals surface area contributed by atoms with Gasteiger partial charge in [0.25, 0.3) is 0 Å². The van der Waals surface area contributed by atoms with Gasteiger partial charge in [0.2, 0.25) is 12.1 Å². The first kappa shape index (κ1) is 12.2. The Labute approximate surface area is 107 Å². The fraction of sp³-hybridized carbons (Fsp3) is 0.100. The van der Waals surface area contributed by atoms with Crippen LogP contribution in [0.15, 0.2) is 24.5 Å². The number of hydrogen-bond donors (Lipinski definition) is 2. The van der Waals surface area contributed by atoms with Crippen molar-refractivity contribution in [3.05, 3.63) is 39.7 Å². The second-order valence-corrected chi connectivity index (χ2v) is 4.06. The molecular weight excluding hydrogens is 258 g/mol. The first-order valence-electron chi connectivity index (χ1n) is 4.97. The summed E-state index contributed by atoms with van der Waals surface area (Å²) in [7, 11) is 1.64. The highest BCUT2D eigenvalue weighted by Crippen LogP contribution is 2.30. The maximum absolute atomic E-state index is 10.8. The molecule has 0 saturated heterocycles. The van der Waals surface area contributed by atoms with Gasteiger partial charge in [0.05, 0.1) is 10.7 Å². The summed E-state index contributed by atoms with van der Waals surface area (Å²) in [4.78, 5) is 13.9. The number of aromatic nitrogens is 2. The van der Waals surface area contributed by atoms with E-state index >= 15 is 0 Å². The van der Waals surface area contributed by atoms with Crippen LogP contribution in [-0.2, 0) is 7.05 Å². The van der Waals surface area contributed by atoms with Gasteiger partial charge >= 0.3 is 5.82 Å². The molecule has 0 radical (unpaired) electrons. The molecule has 3 N–H and O–H groups in total. The van der Waals surface area contributed by atoms with E-state index in [1.165, 1.54) is 10.9 Å². The van der Waals surface area contributed by atoms with Crippen LogP contribution in [0.1, 0.15) is 0 Å². The molecule has 8 heteroatoms. The summed E-state index contributed by atoms with van der Waals surface area (Å²) in [6, 6.07) is 4.85. The van der Waals surface area contributed by atoms with E-state index in [0.717, 1.165) is 0 Å². The van der Waals surface area contributed by atoms with E-state index in [1.807, 2.05) is 0 Å². The van der Waals surface area contributed by atoms with Gasteiger partial charge in [-0.3, -0.25) is 4.57 Å². The fourth-order valence-electron chi connectivity index (χ4n) is 1.46. The number of nitrogens with one attached hydrogen (secondary N) is 1. The number of nitrogens with two attached hydrogens (primary N) is 1. The number of halogens is 1. The predicted molar refractivity (Wildman–Crippen MR) is 69.0 cm³/mol. The first-order chi connectivity index (χ1) is 8.49. The molecule has 7 nitrogen and oxygen atoms in total. The lowest BCUT2D eigenvalue weighted by atomic mass is 10.3. The molecule has 1 aromatic heterocycles. The van der Waals surface area contributed by atoms with Gasteiger partial charge in [0, 0.05) is 12.7 Å². The van der Waals surface area contributed by atoms with Crippen LogP contribution in [0.4, 0.5) is 23.0 Å². The van der Waals surface area contributed by atoms with E-state index in [-0.39, 0.29) is 11.6 Å². The maximum Gasteiger partial charge on any atom is 0.406 e. The SMILES string of the molecule is Cn1cnc([N+](=O)[O-])c1Nc1cc(N)ccc1Cl. The Bertz CT molecular complexity index is 610. The van der Waals surface area contributed by atoms with Crippen LogP contribution >= 0.6 is 11.6 Å². The van der Waals surface area contributed by atoms with Crippen LogP contribution in [0.25, 0.3) is 0 Å². The molecule has 0 spiro atoms. The van der Waals surface area contributed by atoms with E-state index < -0.39 is 4.92 Å². The van der Waals surface area contributed by atoms with Crippen LogP contribution in [0.5, 0.6) is 0 Å². The summed E-state index contributed by atoms with van der Waals surface area (Å²) in [5.41, 5.74) is 6.63. The minimum atomic E-state index is -0.567. The van der Waals surface area contributed by atoms with E-state index in [0.29, 0.717) is 16.4 Å². The lowest BCUT2D eigenvalue weighted by Gasteiger charge is -2.08.